The van der Waals surface area contributed by atoms with Gasteiger partial charge in [-0.3, -0.25) is 9.69 Å². The van der Waals surface area contributed by atoms with Gasteiger partial charge in [-0.2, -0.15) is 5.26 Å². The number of hydrogen-bond acceptors (Lipinski definition) is 8. The van der Waals surface area contributed by atoms with E-state index in [9.17, 15) is 20.0 Å². The van der Waals surface area contributed by atoms with E-state index in [1.807, 2.05) is 17.9 Å². The van der Waals surface area contributed by atoms with Crippen LogP contribution in [0.15, 0.2) is 23.0 Å². The van der Waals surface area contributed by atoms with E-state index in [1.54, 1.807) is 40.0 Å². The molecule has 1 saturated heterocycles. The van der Waals surface area contributed by atoms with Crippen LogP contribution in [0.2, 0.25) is 0 Å². The van der Waals surface area contributed by atoms with Gasteiger partial charge in [0.25, 0.3) is 5.56 Å². The van der Waals surface area contributed by atoms with Crippen molar-refractivity contribution in [1.82, 2.24) is 14.5 Å². The van der Waals surface area contributed by atoms with Gasteiger partial charge in [0.2, 0.25) is 0 Å². The van der Waals surface area contributed by atoms with Gasteiger partial charge in [0.05, 0.1) is 24.4 Å². The number of β-amino-alcohol motifs (C(OH)–C–C–N with tert-alkyl or cyclic N) is 1. The van der Waals surface area contributed by atoms with E-state index in [1.165, 1.54) is 22.6 Å². The van der Waals surface area contributed by atoms with Crippen molar-refractivity contribution in [3.63, 3.8) is 0 Å². The van der Waals surface area contributed by atoms with E-state index in [4.69, 9.17) is 9.47 Å². The molecule has 3 rings (SSSR count). The number of pyridine rings is 2. The minimum Gasteiger partial charge on any atom is -0.444 e. The number of methoxy groups -OCH3 is 1. The molecule has 3 heterocycles. The molecule has 1 N–H and O–H groups in total. The molecular weight excluding hydrogens is 426 g/mol. The zero-order valence-corrected chi connectivity index (χ0v) is 20.0. The first-order valence-corrected chi connectivity index (χ1v) is 10.8. The summed E-state index contributed by atoms with van der Waals surface area (Å²) >= 11 is 0. The maximum Gasteiger partial charge on any atom is 0.412 e. The Morgan fingerprint density at radius 3 is 2.67 bits per heavy atom. The number of hydrogen-bond donors (Lipinski definition) is 1. The van der Waals surface area contributed by atoms with Gasteiger partial charge in [-0.15, -0.1) is 0 Å². The second kappa shape index (κ2) is 9.00. The Hall–Kier alpha value is -3.16. The first-order chi connectivity index (χ1) is 15.4. The zero-order valence-electron chi connectivity index (χ0n) is 20.0. The monoisotopic (exact) mass is 457 g/mol. The molecule has 1 unspecified atom stereocenters. The summed E-state index contributed by atoms with van der Waals surface area (Å²) in [5.74, 6) is 0. The predicted octanol–water partition coefficient (Wildman–Crippen LogP) is 1.98. The first-order valence-electron chi connectivity index (χ1n) is 10.8. The lowest BCUT2D eigenvalue weighted by atomic mass is 10.0. The summed E-state index contributed by atoms with van der Waals surface area (Å²) < 4.78 is 12.3. The molecule has 0 aromatic carbocycles. The number of aromatic nitrogens is 2. The molecule has 0 aliphatic carbocycles. The Bertz CT molecular complexity index is 1150. The van der Waals surface area contributed by atoms with Gasteiger partial charge in [-0.1, -0.05) is 6.92 Å². The van der Waals surface area contributed by atoms with Crippen LogP contribution >= 0.6 is 0 Å². The Morgan fingerprint density at radius 1 is 1.39 bits per heavy atom. The van der Waals surface area contributed by atoms with Crippen LogP contribution in [0.4, 0.5) is 10.5 Å². The quantitative estimate of drug-likeness (QED) is 0.740. The SMILES string of the molecule is CC[C@H]1CN(C(=O)OC(C)(C)C)C(O)(COC)CN1c1cc(=O)n(C)c2ccc(C#N)nc12. The summed E-state index contributed by atoms with van der Waals surface area (Å²) in [7, 11) is 3.08. The van der Waals surface area contributed by atoms with Gasteiger partial charge >= 0.3 is 6.09 Å². The van der Waals surface area contributed by atoms with Crippen LogP contribution in [-0.2, 0) is 16.5 Å². The highest BCUT2D eigenvalue weighted by Gasteiger charge is 2.48. The molecule has 0 saturated carbocycles. The van der Waals surface area contributed by atoms with Crippen LogP contribution in [0.1, 0.15) is 39.8 Å². The van der Waals surface area contributed by atoms with Crippen molar-refractivity contribution in [2.75, 3.05) is 31.7 Å². The minimum atomic E-state index is -1.71. The van der Waals surface area contributed by atoms with Crippen molar-refractivity contribution < 1.29 is 19.4 Å². The normalized spacial score (nSPS) is 21.2. The maximum atomic E-state index is 13.0. The van der Waals surface area contributed by atoms with Crippen molar-refractivity contribution in [2.45, 2.75) is 51.5 Å². The predicted molar refractivity (Wildman–Crippen MR) is 123 cm³/mol. The highest BCUT2D eigenvalue weighted by Crippen LogP contribution is 2.33. The highest BCUT2D eigenvalue weighted by molar-refractivity contribution is 5.89. The fourth-order valence-electron chi connectivity index (χ4n) is 4.11. The van der Waals surface area contributed by atoms with E-state index < -0.39 is 17.4 Å². The number of anilines is 1. The molecule has 0 bridgehead atoms. The minimum absolute atomic E-state index is 0.0285. The van der Waals surface area contributed by atoms with E-state index in [0.29, 0.717) is 23.1 Å². The lowest BCUT2D eigenvalue weighted by Crippen LogP contribution is -2.69. The molecular formula is C23H31N5O5. The standard InChI is InChI=1S/C23H31N5O5/c1-7-16-12-28(21(30)33-22(2,3)4)23(31,14-32-6)13-27(16)18-10-19(29)26(5)17-9-8-15(11-24)25-20(17)18/h8-10,16,31H,7,12-14H2,1-6H3/t16-,23?/m0/s1. The lowest BCUT2D eigenvalue weighted by Gasteiger charge is -2.51. The van der Waals surface area contributed by atoms with Crippen LogP contribution in [0.5, 0.6) is 0 Å². The molecule has 1 fully saturated rings. The fraction of sp³-hybridized carbons (Fsp3) is 0.565. The maximum absolute atomic E-state index is 13.0. The Morgan fingerprint density at radius 2 is 2.09 bits per heavy atom. The number of ether oxygens (including phenoxy) is 2. The van der Waals surface area contributed by atoms with Gasteiger partial charge < -0.3 is 24.0 Å². The third-order valence-corrected chi connectivity index (χ3v) is 5.71. The van der Waals surface area contributed by atoms with Crippen LogP contribution in [-0.4, -0.2) is 69.8 Å². The summed E-state index contributed by atoms with van der Waals surface area (Å²) in [6.07, 6.45) is -0.0179. The number of nitrogens with zero attached hydrogens (tertiary/aromatic N) is 5. The zero-order chi connectivity index (χ0) is 24.6. The topological polar surface area (TPSA) is 121 Å². The summed E-state index contributed by atoms with van der Waals surface area (Å²) in [4.78, 5) is 33.3. The van der Waals surface area contributed by atoms with Gasteiger partial charge in [0.1, 0.15) is 22.9 Å². The summed E-state index contributed by atoms with van der Waals surface area (Å²) in [5.41, 5.74) is -0.933. The second-order valence-corrected chi connectivity index (χ2v) is 9.30. The number of amides is 1. The molecule has 2 aromatic rings. The van der Waals surface area contributed by atoms with Gasteiger partial charge in [-0.25, -0.2) is 9.78 Å². The fourth-order valence-corrected chi connectivity index (χ4v) is 4.11. The number of aryl methyl sites for hydroxylation is 1. The molecule has 2 atom stereocenters. The van der Waals surface area contributed by atoms with Gasteiger partial charge in [-0.05, 0) is 39.3 Å². The average molecular weight is 458 g/mol. The number of carbonyl (C=O) groups is 1. The average Bonchev–Trinajstić information content (AvgIpc) is 2.74. The third-order valence-electron chi connectivity index (χ3n) is 5.71. The second-order valence-electron chi connectivity index (χ2n) is 9.30. The molecule has 10 heteroatoms. The van der Waals surface area contributed by atoms with E-state index in [2.05, 4.69) is 4.98 Å². The smallest absolute Gasteiger partial charge is 0.412 e. The van der Waals surface area contributed by atoms with Crippen LogP contribution in [0, 0.1) is 11.3 Å². The van der Waals surface area contributed by atoms with E-state index in [0.717, 1.165) is 0 Å². The number of carbonyl (C=O) groups excluding carboxylic acids is 1. The summed E-state index contributed by atoms with van der Waals surface area (Å²) in [6, 6.07) is 6.49. The molecule has 1 aliphatic heterocycles. The molecule has 178 valence electrons. The van der Waals surface area contributed by atoms with Crippen molar-refractivity contribution in [3.8, 4) is 6.07 Å². The van der Waals surface area contributed by atoms with Gasteiger partial charge in [0.15, 0.2) is 5.72 Å². The molecule has 2 aromatic heterocycles. The lowest BCUT2D eigenvalue weighted by molar-refractivity contribution is -0.147. The van der Waals surface area contributed by atoms with Crippen molar-refractivity contribution in [3.05, 3.63) is 34.2 Å². The molecule has 10 nitrogen and oxygen atoms in total. The van der Waals surface area contributed by atoms with Crippen molar-refractivity contribution in [1.29, 1.82) is 5.26 Å². The van der Waals surface area contributed by atoms with E-state index in [-0.39, 0.29) is 37.0 Å². The molecule has 33 heavy (non-hydrogen) atoms. The van der Waals surface area contributed by atoms with Crippen molar-refractivity contribution in [2.24, 2.45) is 7.05 Å². The highest BCUT2D eigenvalue weighted by atomic mass is 16.6. The molecule has 1 amide bonds. The molecule has 0 radical (unpaired) electrons. The summed E-state index contributed by atoms with van der Waals surface area (Å²) in [5, 5.41) is 20.9. The Balaban J connectivity index is 2.14. The number of fused-ring (bicyclic) bond motifs is 1. The Kier molecular flexibility index (Phi) is 6.68. The van der Waals surface area contributed by atoms with E-state index >= 15 is 0 Å². The number of piperazine rings is 1. The first kappa shape index (κ1) is 24.5. The van der Waals surface area contributed by atoms with Crippen molar-refractivity contribution >= 4 is 22.8 Å². The van der Waals surface area contributed by atoms with Gasteiger partial charge in [0, 0.05) is 32.8 Å². The van der Waals surface area contributed by atoms with Crippen LogP contribution in [0.3, 0.4) is 0 Å². The number of aliphatic hydroxyl groups is 1. The Labute approximate surface area is 192 Å². The molecule has 0 spiro atoms. The number of rotatable bonds is 4. The third kappa shape index (κ3) is 4.79. The van der Waals surface area contributed by atoms with Crippen LogP contribution < -0.4 is 10.5 Å². The van der Waals surface area contributed by atoms with Crippen LogP contribution in [0.25, 0.3) is 11.0 Å². The largest absolute Gasteiger partial charge is 0.444 e. The summed E-state index contributed by atoms with van der Waals surface area (Å²) in [6.45, 7) is 7.22. The molecule has 1 aliphatic rings. The number of nitriles is 1.